The molecule has 0 rings (SSSR count). The van der Waals surface area contributed by atoms with Crippen LogP contribution in [0, 0.1) is 0 Å². The molecule has 0 saturated carbocycles. The standard InChI is InChI=1S/C4H7IO2.2CH2O3/c1-3-4(2)5(6)7;2*2-1(3)4/h3H,1-2H3;2*(H2,2,3,4)/b4-3-;;. The average Bonchev–Trinajstić information content (AvgIpc) is 2.00. The van der Waals surface area contributed by atoms with Crippen LogP contribution >= 0.6 is 19.8 Å². The van der Waals surface area contributed by atoms with Crippen molar-refractivity contribution in [1.29, 1.82) is 0 Å². The fraction of sp³-hybridized carbons (Fsp3) is 0.333. The van der Waals surface area contributed by atoms with Crippen LogP contribution < -0.4 is 0 Å². The Balaban J connectivity index is -0.000000155. The van der Waals surface area contributed by atoms with Gasteiger partial charge < -0.3 is 20.4 Å². The molecule has 0 spiro atoms. The summed E-state index contributed by atoms with van der Waals surface area (Å²) < 4.78 is 20.5. The van der Waals surface area contributed by atoms with Gasteiger partial charge in [0.05, 0.1) is 0 Å². The number of halogens is 1. The van der Waals surface area contributed by atoms with E-state index in [1.165, 1.54) is 0 Å². The highest BCUT2D eigenvalue weighted by Crippen LogP contribution is 2.17. The molecule has 0 aromatic rings. The first-order chi connectivity index (χ1) is 6.64. The number of allylic oxidation sites excluding steroid dienone is 2. The molecule has 0 heterocycles. The Morgan fingerprint density at radius 2 is 1.20 bits per heavy atom. The monoisotopic (exact) mass is 338 g/mol. The molecule has 0 amide bonds. The molecule has 8 nitrogen and oxygen atoms in total. The van der Waals surface area contributed by atoms with E-state index < -0.39 is 32.1 Å². The molecule has 0 aliphatic heterocycles. The molecule has 0 radical (unpaired) electrons. The van der Waals surface area contributed by atoms with Crippen LogP contribution in [0.25, 0.3) is 0 Å². The first-order valence-electron chi connectivity index (χ1n) is 3.17. The second-order valence-corrected chi connectivity index (χ2v) is 4.60. The lowest BCUT2D eigenvalue weighted by Crippen LogP contribution is -1.81. The van der Waals surface area contributed by atoms with Gasteiger partial charge in [-0.3, -0.25) is 0 Å². The average molecular weight is 338 g/mol. The molecule has 0 unspecified atom stereocenters. The van der Waals surface area contributed by atoms with E-state index >= 15 is 0 Å². The van der Waals surface area contributed by atoms with Gasteiger partial charge in [0.2, 0.25) is 0 Å². The van der Waals surface area contributed by atoms with Gasteiger partial charge in [-0.15, -0.1) is 0 Å². The lowest BCUT2D eigenvalue weighted by atomic mass is 10.6. The van der Waals surface area contributed by atoms with Gasteiger partial charge in [-0.1, -0.05) is 6.08 Å². The summed E-state index contributed by atoms with van der Waals surface area (Å²) in [6.07, 6.45) is -2.06. The Hall–Kier alpha value is -1.39. The molecule has 0 fully saturated rings. The fourth-order valence-electron chi connectivity index (χ4n) is 0.0891. The summed E-state index contributed by atoms with van der Waals surface area (Å²) in [7, 11) is 0. The summed E-state index contributed by atoms with van der Waals surface area (Å²) in [6, 6.07) is 0. The first kappa shape index (κ1) is 19.2. The summed E-state index contributed by atoms with van der Waals surface area (Å²) in [6.45, 7) is 3.32. The molecule has 0 aliphatic rings. The maximum atomic E-state index is 9.99. The van der Waals surface area contributed by atoms with Gasteiger partial charge in [0.15, 0.2) is 0 Å². The van der Waals surface area contributed by atoms with Crippen molar-refractivity contribution in [3.05, 3.63) is 9.66 Å². The minimum atomic E-state index is -3.05. The Kier molecular flexibility index (Phi) is 16.2. The molecule has 0 aromatic carbocycles. The van der Waals surface area contributed by atoms with E-state index in [1.807, 2.05) is 0 Å². The van der Waals surface area contributed by atoms with Gasteiger partial charge in [0.25, 0.3) is 0 Å². The molecule has 0 aliphatic carbocycles. The van der Waals surface area contributed by atoms with E-state index in [2.05, 4.69) is 0 Å². The molecule has 0 atom stereocenters. The molecule has 0 saturated heterocycles. The lowest BCUT2D eigenvalue weighted by molar-refractivity contribution is 0.135. The number of hydrogen-bond donors (Lipinski definition) is 4. The number of rotatable bonds is 1. The van der Waals surface area contributed by atoms with E-state index in [0.717, 1.165) is 0 Å². The zero-order valence-corrected chi connectivity index (χ0v) is 10.0. The van der Waals surface area contributed by atoms with Gasteiger partial charge in [0.1, 0.15) is 0 Å². The second kappa shape index (κ2) is 12.6. The Morgan fingerprint density at radius 3 is 1.20 bits per heavy atom. The van der Waals surface area contributed by atoms with Crippen LogP contribution in [0.1, 0.15) is 13.8 Å². The largest absolute Gasteiger partial charge is 0.503 e. The van der Waals surface area contributed by atoms with Crippen molar-refractivity contribution in [2.45, 2.75) is 13.8 Å². The van der Waals surface area contributed by atoms with E-state index in [0.29, 0.717) is 3.58 Å². The Labute approximate surface area is 92.0 Å². The van der Waals surface area contributed by atoms with Crippen molar-refractivity contribution in [3.63, 3.8) is 0 Å². The third-order valence-corrected chi connectivity index (χ3v) is 2.65. The van der Waals surface area contributed by atoms with Crippen molar-refractivity contribution in [2.24, 2.45) is 0 Å². The minimum Gasteiger partial charge on any atom is -0.450 e. The summed E-state index contributed by atoms with van der Waals surface area (Å²) in [5, 5.41) is 27.9. The van der Waals surface area contributed by atoms with Crippen molar-refractivity contribution in [1.82, 2.24) is 0 Å². The molecule has 4 N–H and O–H groups in total. The molecule has 90 valence electrons. The highest BCUT2D eigenvalue weighted by Gasteiger charge is 1.87. The van der Waals surface area contributed by atoms with E-state index in [4.69, 9.17) is 30.0 Å². The Bertz CT molecular complexity index is 262. The van der Waals surface area contributed by atoms with E-state index in [1.54, 1.807) is 19.9 Å². The predicted octanol–water partition coefficient (Wildman–Crippen LogP) is 2.55. The molecule has 0 bridgehead atoms. The van der Waals surface area contributed by atoms with Crippen LogP contribution in [0.4, 0.5) is 9.59 Å². The first-order valence-corrected chi connectivity index (χ1v) is 6.01. The van der Waals surface area contributed by atoms with Crippen LogP contribution in [0.2, 0.25) is 0 Å². The molecule has 9 heteroatoms. The quantitative estimate of drug-likeness (QED) is 0.533. The van der Waals surface area contributed by atoms with E-state index in [9.17, 15) is 6.14 Å². The zero-order chi connectivity index (χ0) is 13.0. The van der Waals surface area contributed by atoms with Crippen LogP contribution in [-0.2, 0) is 6.14 Å². The van der Waals surface area contributed by atoms with Crippen molar-refractivity contribution < 1.29 is 36.2 Å². The van der Waals surface area contributed by atoms with Crippen LogP contribution in [0.15, 0.2) is 9.66 Å². The van der Waals surface area contributed by atoms with Crippen molar-refractivity contribution >= 4 is 32.1 Å². The Morgan fingerprint density at radius 1 is 1.00 bits per heavy atom. The third kappa shape index (κ3) is 66.8. The predicted molar refractivity (Wildman–Crippen MR) is 56.1 cm³/mol. The van der Waals surface area contributed by atoms with Gasteiger partial charge in [-0.05, 0) is 13.8 Å². The highest BCUT2D eigenvalue weighted by atomic mass is 127. The zero-order valence-electron chi connectivity index (χ0n) is 7.88. The summed E-state index contributed by atoms with van der Waals surface area (Å²) in [4.78, 5) is 17.1. The van der Waals surface area contributed by atoms with Crippen LogP contribution in [0.3, 0.4) is 0 Å². The number of carboxylic acid groups (broad SMARTS) is 4. The number of hydrogen-bond acceptors (Lipinski definition) is 4. The summed E-state index contributed by atoms with van der Waals surface area (Å²) >= 11 is -3.05. The van der Waals surface area contributed by atoms with Crippen molar-refractivity contribution in [3.8, 4) is 0 Å². The number of carbonyl (C=O) groups is 2. The maximum Gasteiger partial charge on any atom is 0.503 e. The lowest BCUT2D eigenvalue weighted by Gasteiger charge is -1.73. The minimum absolute atomic E-state index is 0.518. The topological polar surface area (TPSA) is 149 Å². The van der Waals surface area contributed by atoms with E-state index in [-0.39, 0.29) is 0 Å². The highest BCUT2D eigenvalue weighted by molar-refractivity contribution is 14.2. The van der Waals surface area contributed by atoms with Crippen LogP contribution in [-0.4, -0.2) is 32.7 Å². The molecule has 15 heavy (non-hydrogen) atoms. The van der Waals surface area contributed by atoms with Crippen molar-refractivity contribution in [2.75, 3.05) is 0 Å². The summed E-state index contributed by atoms with van der Waals surface area (Å²) in [5.41, 5.74) is 0. The second-order valence-electron chi connectivity index (χ2n) is 1.66. The SMILES string of the molecule is C/C=C(/C)I(=O)=O.O=C(O)O.O=C(O)O. The van der Waals surface area contributed by atoms with Crippen LogP contribution in [0.5, 0.6) is 0 Å². The van der Waals surface area contributed by atoms with Gasteiger partial charge >= 0.3 is 32.1 Å². The van der Waals surface area contributed by atoms with Gasteiger partial charge in [0, 0.05) is 3.58 Å². The molecule has 0 aromatic heterocycles. The smallest absolute Gasteiger partial charge is 0.450 e. The molecular weight excluding hydrogens is 327 g/mol. The molecular formula is C6H11IO8. The van der Waals surface area contributed by atoms with Gasteiger partial charge in [-0.25, -0.2) is 15.7 Å². The fourth-order valence-corrected chi connectivity index (χ4v) is 0.598. The van der Waals surface area contributed by atoms with Gasteiger partial charge in [-0.2, -0.15) is 0 Å². The third-order valence-electron chi connectivity index (χ3n) is 0.641. The maximum absolute atomic E-state index is 9.99. The summed E-state index contributed by atoms with van der Waals surface area (Å²) in [5.74, 6) is 0. The normalized spacial score (nSPS) is 9.13.